The predicted molar refractivity (Wildman–Crippen MR) is 87.0 cm³/mol. The van der Waals surface area contributed by atoms with E-state index in [9.17, 15) is 14.0 Å². The highest BCUT2D eigenvalue weighted by Crippen LogP contribution is 2.27. The normalized spacial score (nSPS) is 20.8. The maximum absolute atomic E-state index is 13.0. The fourth-order valence-electron chi connectivity index (χ4n) is 2.61. The van der Waals surface area contributed by atoms with Gasteiger partial charge in [-0.25, -0.2) is 9.59 Å². The molecule has 1 aromatic rings. The summed E-state index contributed by atoms with van der Waals surface area (Å²) in [5.41, 5.74) is 0.179. The monoisotopic (exact) mass is 337 g/mol. The van der Waals surface area contributed by atoms with Gasteiger partial charge in [-0.15, -0.1) is 0 Å². The van der Waals surface area contributed by atoms with Gasteiger partial charge >= 0.3 is 12.1 Å². The Kier molecular flexibility index (Phi) is 5.80. The highest BCUT2D eigenvalue weighted by Gasteiger charge is 2.42. The van der Waals surface area contributed by atoms with E-state index in [2.05, 4.69) is 0 Å². The first-order chi connectivity index (χ1) is 11.3. The van der Waals surface area contributed by atoms with Crippen LogP contribution in [0, 0.1) is 5.92 Å². The summed E-state index contributed by atoms with van der Waals surface area (Å²) in [6, 6.07) is 8.47. The molecule has 0 bridgehead atoms. The molecule has 0 radical (unpaired) electrons. The number of amides is 1. The average molecular weight is 337 g/mol. The quantitative estimate of drug-likeness (QED) is 0.791. The molecule has 6 heteroatoms. The number of alkyl halides is 1. The standard InChI is InChI=1S/C18H24FNO4/c1-18(2,3)24-17(22)20-11-14(10-19)9-15(20)16(21)23-12-13-7-5-4-6-8-13/h4-8,14-15H,9-12H2,1-3H3/t14-,15+/m1/s1. The summed E-state index contributed by atoms with van der Waals surface area (Å²) in [5, 5.41) is 0. The third-order valence-corrected chi connectivity index (χ3v) is 3.73. The molecule has 1 amide bonds. The van der Waals surface area contributed by atoms with Crippen molar-refractivity contribution in [2.75, 3.05) is 13.2 Å². The van der Waals surface area contributed by atoms with Gasteiger partial charge in [-0.1, -0.05) is 30.3 Å². The summed E-state index contributed by atoms with van der Waals surface area (Å²) < 4.78 is 23.6. The van der Waals surface area contributed by atoms with Crippen molar-refractivity contribution in [3.63, 3.8) is 0 Å². The van der Waals surface area contributed by atoms with Crippen LogP contribution in [0.1, 0.15) is 32.8 Å². The molecule has 0 N–H and O–H groups in total. The maximum atomic E-state index is 13.0. The van der Waals surface area contributed by atoms with Crippen molar-refractivity contribution < 1.29 is 23.5 Å². The molecule has 1 fully saturated rings. The van der Waals surface area contributed by atoms with Gasteiger partial charge < -0.3 is 9.47 Å². The third kappa shape index (κ3) is 4.94. The SMILES string of the molecule is CC(C)(C)OC(=O)N1C[C@@H](CF)C[C@H]1C(=O)OCc1ccccc1. The van der Waals surface area contributed by atoms with E-state index in [0.29, 0.717) is 0 Å². The maximum Gasteiger partial charge on any atom is 0.411 e. The van der Waals surface area contributed by atoms with Gasteiger partial charge in [0.1, 0.15) is 18.2 Å². The molecule has 0 aliphatic carbocycles. The molecule has 1 aromatic carbocycles. The first kappa shape index (κ1) is 18.2. The Morgan fingerprint density at radius 3 is 2.50 bits per heavy atom. The van der Waals surface area contributed by atoms with Gasteiger partial charge in [0.25, 0.3) is 0 Å². The molecule has 132 valence electrons. The lowest BCUT2D eigenvalue weighted by Crippen LogP contribution is -2.44. The highest BCUT2D eigenvalue weighted by molar-refractivity contribution is 5.82. The van der Waals surface area contributed by atoms with Gasteiger partial charge in [0, 0.05) is 12.5 Å². The van der Waals surface area contributed by atoms with Gasteiger partial charge in [-0.2, -0.15) is 0 Å². The van der Waals surface area contributed by atoms with Crippen LogP contribution >= 0.6 is 0 Å². The molecular formula is C18H24FNO4. The molecule has 0 aromatic heterocycles. The van der Waals surface area contributed by atoms with Crippen LogP contribution in [0.3, 0.4) is 0 Å². The molecule has 24 heavy (non-hydrogen) atoms. The minimum absolute atomic E-state index is 0.124. The Bertz CT molecular complexity index is 570. The molecule has 1 aliphatic heterocycles. The molecule has 0 saturated carbocycles. The van der Waals surface area contributed by atoms with Crippen molar-refractivity contribution in [3.05, 3.63) is 35.9 Å². The number of hydrogen-bond acceptors (Lipinski definition) is 4. The Labute approximate surface area is 141 Å². The number of esters is 1. The zero-order chi connectivity index (χ0) is 17.7. The Morgan fingerprint density at radius 2 is 1.92 bits per heavy atom. The van der Waals surface area contributed by atoms with Gasteiger partial charge in [0.05, 0.1) is 6.67 Å². The van der Waals surface area contributed by atoms with Crippen molar-refractivity contribution >= 4 is 12.1 Å². The second kappa shape index (κ2) is 7.64. The van der Waals surface area contributed by atoms with E-state index < -0.39 is 30.4 Å². The summed E-state index contributed by atoms with van der Waals surface area (Å²) >= 11 is 0. The number of hydrogen-bond donors (Lipinski definition) is 0. The highest BCUT2D eigenvalue weighted by atomic mass is 19.1. The largest absolute Gasteiger partial charge is 0.459 e. The second-order valence-electron chi connectivity index (χ2n) is 7.00. The third-order valence-electron chi connectivity index (χ3n) is 3.73. The van der Waals surface area contributed by atoms with Gasteiger partial charge in [0.2, 0.25) is 0 Å². The van der Waals surface area contributed by atoms with Crippen molar-refractivity contribution in [2.45, 2.75) is 45.4 Å². The van der Waals surface area contributed by atoms with Crippen LogP contribution in [0.15, 0.2) is 30.3 Å². The zero-order valence-electron chi connectivity index (χ0n) is 14.3. The lowest BCUT2D eigenvalue weighted by Gasteiger charge is -2.27. The predicted octanol–water partition coefficient (Wildman–Crippen LogP) is 3.32. The van der Waals surface area contributed by atoms with E-state index in [4.69, 9.17) is 9.47 Å². The molecule has 0 spiro atoms. The lowest BCUT2D eigenvalue weighted by molar-refractivity contribution is -0.150. The van der Waals surface area contributed by atoms with E-state index in [0.717, 1.165) is 5.56 Å². The molecule has 5 nitrogen and oxygen atoms in total. The van der Waals surface area contributed by atoms with E-state index in [1.165, 1.54) is 4.90 Å². The smallest absolute Gasteiger partial charge is 0.411 e. The summed E-state index contributed by atoms with van der Waals surface area (Å²) in [7, 11) is 0. The van der Waals surface area contributed by atoms with Gasteiger partial charge in [-0.05, 0) is 32.8 Å². The molecule has 2 atom stereocenters. The Hall–Kier alpha value is -2.11. The van der Waals surface area contributed by atoms with E-state index in [1.54, 1.807) is 20.8 Å². The fourth-order valence-corrected chi connectivity index (χ4v) is 2.61. The van der Waals surface area contributed by atoms with Crippen LogP contribution < -0.4 is 0 Å². The number of rotatable bonds is 4. The van der Waals surface area contributed by atoms with Crippen LogP contribution in [-0.2, 0) is 20.9 Å². The summed E-state index contributed by atoms with van der Waals surface area (Å²) in [5.74, 6) is -0.896. The number of likely N-dealkylation sites (tertiary alicyclic amines) is 1. The number of ether oxygens (including phenoxy) is 2. The molecule has 1 saturated heterocycles. The average Bonchev–Trinajstić information content (AvgIpc) is 2.96. The van der Waals surface area contributed by atoms with Gasteiger partial charge in [-0.3, -0.25) is 9.29 Å². The number of carbonyl (C=O) groups excluding carboxylic acids is 2. The van der Waals surface area contributed by atoms with Crippen LogP contribution in [0.4, 0.5) is 9.18 Å². The number of carbonyl (C=O) groups is 2. The minimum Gasteiger partial charge on any atom is -0.459 e. The van der Waals surface area contributed by atoms with E-state index in [1.807, 2.05) is 30.3 Å². The number of halogens is 1. The first-order valence-electron chi connectivity index (χ1n) is 8.06. The fraction of sp³-hybridized carbons (Fsp3) is 0.556. The van der Waals surface area contributed by atoms with Gasteiger partial charge in [0.15, 0.2) is 0 Å². The van der Waals surface area contributed by atoms with Crippen molar-refractivity contribution in [1.82, 2.24) is 4.90 Å². The van der Waals surface area contributed by atoms with Crippen LogP contribution in [-0.4, -0.2) is 41.8 Å². The van der Waals surface area contributed by atoms with E-state index >= 15 is 0 Å². The molecular weight excluding hydrogens is 313 g/mol. The Balaban J connectivity index is 2.01. The summed E-state index contributed by atoms with van der Waals surface area (Å²) in [6.45, 7) is 4.94. The number of benzene rings is 1. The van der Waals surface area contributed by atoms with Crippen LogP contribution in [0.25, 0.3) is 0 Å². The number of nitrogens with zero attached hydrogens (tertiary/aromatic N) is 1. The van der Waals surface area contributed by atoms with Crippen LogP contribution in [0.2, 0.25) is 0 Å². The first-order valence-corrected chi connectivity index (χ1v) is 8.06. The van der Waals surface area contributed by atoms with Crippen molar-refractivity contribution in [1.29, 1.82) is 0 Å². The molecule has 2 rings (SSSR count). The van der Waals surface area contributed by atoms with Crippen molar-refractivity contribution in [3.8, 4) is 0 Å². The van der Waals surface area contributed by atoms with E-state index in [-0.39, 0.29) is 25.5 Å². The summed E-state index contributed by atoms with van der Waals surface area (Å²) in [4.78, 5) is 25.9. The minimum atomic E-state index is -0.802. The molecule has 0 unspecified atom stereocenters. The Morgan fingerprint density at radius 1 is 1.25 bits per heavy atom. The topological polar surface area (TPSA) is 55.8 Å². The van der Waals surface area contributed by atoms with Crippen LogP contribution in [0.5, 0.6) is 0 Å². The lowest BCUT2D eigenvalue weighted by atomic mass is 10.1. The molecule has 1 heterocycles. The molecule has 1 aliphatic rings. The summed E-state index contributed by atoms with van der Waals surface area (Å²) in [6.07, 6.45) is -0.358. The van der Waals surface area contributed by atoms with Crippen molar-refractivity contribution in [2.24, 2.45) is 5.92 Å². The zero-order valence-corrected chi connectivity index (χ0v) is 14.3. The second-order valence-corrected chi connectivity index (χ2v) is 7.00.